The number of carbonyl (C=O) groups excluding carboxylic acids is 1. The first-order valence-electron chi connectivity index (χ1n) is 4.83. The number of hydrogen-bond donors (Lipinski definition) is 2. The number of ether oxygens (including phenoxy) is 1. The fourth-order valence-corrected chi connectivity index (χ4v) is 1.22. The molecule has 0 atom stereocenters. The van der Waals surface area contributed by atoms with E-state index in [1.54, 1.807) is 12.1 Å². The fraction of sp³-hybridized carbons (Fsp3) is 0. The van der Waals surface area contributed by atoms with E-state index >= 15 is 0 Å². The zero-order valence-electron chi connectivity index (χ0n) is 8.99. The Balaban J connectivity index is 2.20. The van der Waals surface area contributed by atoms with Crippen LogP contribution < -0.4 is 10.5 Å². The van der Waals surface area contributed by atoms with E-state index < -0.39 is 11.9 Å². The van der Waals surface area contributed by atoms with Crippen LogP contribution in [-0.4, -0.2) is 22.0 Å². The van der Waals surface area contributed by atoms with Gasteiger partial charge in [0, 0.05) is 5.56 Å². The summed E-state index contributed by atoms with van der Waals surface area (Å²) in [5.74, 6) is -1.55. The first-order valence-corrected chi connectivity index (χ1v) is 4.83. The van der Waals surface area contributed by atoms with E-state index in [4.69, 9.17) is 20.0 Å². The van der Waals surface area contributed by atoms with Gasteiger partial charge in [-0.2, -0.15) is 4.98 Å². The van der Waals surface area contributed by atoms with E-state index in [0.717, 1.165) is 6.26 Å². The predicted molar refractivity (Wildman–Crippen MR) is 58.5 cm³/mol. The van der Waals surface area contributed by atoms with Gasteiger partial charge < -0.3 is 20.0 Å². The van der Waals surface area contributed by atoms with Crippen molar-refractivity contribution >= 4 is 11.9 Å². The van der Waals surface area contributed by atoms with Crippen molar-refractivity contribution in [2.45, 2.75) is 0 Å². The smallest absolute Gasteiger partial charge is 0.399 e. The molecule has 0 aliphatic carbocycles. The summed E-state index contributed by atoms with van der Waals surface area (Å²) >= 11 is 0. The van der Waals surface area contributed by atoms with Gasteiger partial charge in [-0.1, -0.05) is 6.07 Å². The third-order valence-electron chi connectivity index (χ3n) is 2.03. The number of carbonyl (C=O) groups is 2. The number of oxazole rings is 1. The monoisotopic (exact) mass is 248 g/mol. The summed E-state index contributed by atoms with van der Waals surface area (Å²) < 4.78 is 9.95. The van der Waals surface area contributed by atoms with Crippen LogP contribution >= 0.6 is 0 Å². The average Bonchev–Trinajstić information content (AvgIpc) is 2.78. The van der Waals surface area contributed by atoms with Crippen LogP contribution in [-0.2, 0) is 0 Å². The number of carboxylic acid groups (broad SMARTS) is 1. The number of aromatic carboxylic acids is 1. The van der Waals surface area contributed by atoms with Crippen LogP contribution in [0.25, 0.3) is 0 Å². The van der Waals surface area contributed by atoms with Gasteiger partial charge >= 0.3 is 12.0 Å². The number of nitrogens with two attached hydrogens (primary N) is 1. The lowest BCUT2D eigenvalue weighted by Gasteiger charge is -2.01. The summed E-state index contributed by atoms with van der Waals surface area (Å²) in [6.45, 7) is 0. The molecule has 2 aromatic rings. The van der Waals surface area contributed by atoms with Crippen molar-refractivity contribution in [3.63, 3.8) is 0 Å². The summed E-state index contributed by atoms with van der Waals surface area (Å²) in [4.78, 5) is 25.1. The van der Waals surface area contributed by atoms with Gasteiger partial charge in [-0.05, 0) is 18.2 Å². The molecule has 0 spiro atoms. The Hall–Kier alpha value is -2.83. The van der Waals surface area contributed by atoms with Crippen molar-refractivity contribution in [1.82, 2.24) is 4.98 Å². The Bertz CT molecular complexity index is 605. The molecule has 7 nitrogen and oxygen atoms in total. The van der Waals surface area contributed by atoms with Gasteiger partial charge in [-0.3, -0.25) is 4.79 Å². The maximum atomic E-state index is 10.9. The highest BCUT2D eigenvalue weighted by Crippen LogP contribution is 2.21. The topological polar surface area (TPSA) is 116 Å². The van der Waals surface area contributed by atoms with Crippen molar-refractivity contribution in [2.75, 3.05) is 0 Å². The van der Waals surface area contributed by atoms with Gasteiger partial charge in [-0.15, -0.1) is 0 Å². The SMILES string of the molecule is NC(=O)c1cccc(Oc2nc(C(=O)O)co2)c1. The molecule has 2 rings (SSSR count). The van der Waals surface area contributed by atoms with E-state index in [0.29, 0.717) is 0 Å². The second-order valence-electron chi connectivity index (χ2n) is 3.30. The lowest BCUT2D eigenvalue weighted by atomic mass is 10.2. The van der Waals surface area contributed by atoms with Gasteiger partial charge in [0.05, 0.1) is 0 Å². The fourth-order valence-electron chi connectivity index (χ4n) is 1.22. The number of rotatable bonds is 4. The second-order valence-corrected chi connectivity index (χ2v) is 3.30. The van der Waals surface area contributed by atoms with Crippen LogP contribution in [0.3, 0.4) is 0 Å². The molecule has 7 heteroatoms. The van der Waals surface area contributed by atoms with Crippen LogP contribution in [0.1, 0.15) is 20.8 Å². The first-order chi connectivity index (χ1) is 8.56. The van der Waals surface area contributed by atoms with Crippen molar-refractivity contribution in [3.05, 3.63) is 41.8 Å². The Morgan fingerprint density at radius 3 is 2.78 bits per heavy atom. The molecule has 92 valence electrons. The molecule has 0 bridgehead atoms. The van der Waals surface area contributed by atoms with Crippen molar-refractivity contribution in [1.29, 1.82) is 0 Å². The van der Waals surface area contributed by atoms with Crippen LogP contribution in [0.5, 0.6) is 11.8 Å². The molecule has 0 unspecified atom stereocenters. The van der Waals surface area contributed by atoms with Crippen LogP contribution in [0.15, 0.2) is 34.9 Å². The second kappa shape index (κ2) is 4.58. The van der Waals surface area contributed by atoms with Crippen molar-refractivity contribution in [3.8, 4) is 11.8 Å². The van der Waals surface area contributed by atoms with Crippen LogP contribution in [0.2, 0.25) is 0 Å². The molecule has 0 aliphatic heterocycles. The minimum absolute atomic E-state index is 0.228. The quantitative estimate of drug-likeness (QED) is 0.841. The van der Waals surface area contributed by atoms with Gasteiger partial charge in [0.1, 0.15) is 12.0 Å². The molecule has 3 N–H and O–H groups in total. The number of amides is 1. The zero-order valence-corrected chi connectivity index (χ0v) is 8.99. The molecule has 1 heterocycles. The van der Waals surface area contributed by atoms with Gasteiger partial charge in [-0.25, -0.2) is 4.79 Å². The van der Waals surface area contributed by atoms with E-state index in [-0.39, 0.29) is 23.1 Å². The Morgan fingerprint density at radius 2 is 2.17 bits per heavy atom. The Morgan fingerprint density at radius 1 is 1.39 bits per heavy atom. The van der Waals surface area contributed by atoms with Gasteiger partial charge in [0.15, 0.2) is 5.69 Å². The summed E-state index contributed by atoms with van der Waals surface area (Å²) in [5.41, 5.74) is 5.10. The highest BCUT2D eigenvalue weighted by atomic mass is 16.6. The van der Waals surface area contributed by atoms with E-state index in [9.17, 15) is 9.59 Å². The number of aromatic nitrogens is 1. The summed E-state index contributed by atoms with van der Waals surface area (Å²) in [7, 11) is 0. The molecule has 0 aliphatic rings. The van der Waals surface area contributed by atoms with Crippen LogP contribution in [0, 0.1) is 0 Å². The van der Waals surface area contributed by atoms with Gasteiger partial charge in [0.25, 0.3) is 0 Å². The minimum atomic E-state index is -1.22. The highest BCUT2D eigenvalue weighted by molar-refractivity contribution is 5.93. The van der Waals surface area contributed by atoms with E-state index in [1.165, 1.54) is 12.1 Å². The molecule has 0 saturated carbocycles. The molecule has 1 amide bonds. The molecule has 1 aromatic carbocycles. The lowest BCUT2D eigenvalue weighted by Crippen LogP contribution is -2.10. The molecule has 0 saturated heterocycles. The lowest BCUT2D eigenvalue weighted by molar-refractivity contribution is 0.0690. The maximum Gasteiger partial charge on any atom is 0.399 e. The number of carboxylic acids is 1. The number of primary amides is 1. The Labute approximate surface area is 101 Å². The largest absolute Gasteiger partial charge is 0.476 e. The summed E-state index contributed by atoms with van der Waals surface area (Å²) in [6, 6.07) is 6.04. The minimum Gasteiger partial charge on any atom is -0.476 e. The molecular formula is C11H8N2O5. The summed E-state index contributed by atoms with van der Waals surface area (Å²) in [6.07, 6.45) is 0.726. The molecule has 0 radical (unpaired) electrons. The predicted octanol–water partition coefficient (Wildman–Crippen LogP) is 1.26. The van der Waals surface area contributed by atoms with Crippen molar-refractivity contribution < 1.29 is 23.8 Å². The zero-order chi connectivity index (χ0) is 13.1. The summed E-state index contributed by atoms with van der Waals surface area (Å²) in [5, 5.41) is 8.64. The van der Waals surface area contributed by atoms with E-state index in [1.807, 2.05) is 0 Å². The third kappa shape index (κ3) is 2.46. The number of hydrogen-bond acceptors (Lipinski definition) is 5. The first kappa shape index (κ1) is 11.6. The Kier molecular flexibility index (Phi) is 2.96. The van der Waals surface area contributed by atoms with Gasteiger partial charge in [0.2, 0.25) is 5.91 Å². The van der Waals surface area contributed by atoms with Crippen LogP contribution in [0.4, 0.5) is 0 Å². The number of nitrogens with zero attached hydrogens (tertiary/aromatic N) is 1. The highest BCUT2D eigenvalue weighted by Gasteiger charge is 2.12. The molecular weight excluding hydrogens is 240 g/mol. The molecule has 1 aromatic heterocycles. The van der Waals surface area contributed by atoms with E-state index in [2.05, 4.69) is 4.98 Å². The molecule has 18 heavy (non-hydrogen) atoms. The van der Waals surface area contributed by atoms with Crippen molar-refractivity contribution in [2.24, 2.45) is 5.73 Å². The average molecular weight is 248 g/mol. The third-order valence-corrected chi connectivity index (χ3v) is 2.03. The standard InChI is InChI=1S/C11H8N2O5/c12-9(14)6-2-1-3-7(4-6)18-11-13-8(5-17-11)10(15)16/h1-5H,(H2,12,14)(H,15,16). The maximum absolute atomic E-state index is 10.9. The molecule has 0 fully saturated rings. The number of benzene rings is 1. The normalized spacial score (nSPS) is 10.0.